The van der Waals surface area contributed by atoms with Gasteiger partial charge in [0.2, 0.25) is 5.95 Å². The average Bonchev–Trinajstić information content (AvgIpc) is 3.14. The number of rotatable bonds is 6. The van der Waals surface area contributed by atoms with E-state index in [1.54, 1.807) is 26.0 Å². The summed E-state index contributed by atoms with van der Waals surface area (Å²) in [5, 5.41) is 9.74. The number of aliphatic hydroxyl groups is 1. The van der Waals surface area contributed by atoms with Gasteiger partial charge in [-0.05, 0) is 37.5 Å². The second kappa shape index (κ2) is 8.95. The molecule has 0 amide bonds. The zero-order chi connectivity index (χ0) is 24.8. The van der Waals surface area contributed by atoms with Crippen LogP contribution < -0.4 is 4.90 Å². The molecule has 4 rings (SSSR count). The first-order chi connectivity index (χ1) is 16.1. The number of carbonyl (C=O) groups is 1. The number of aryl methyl sites for hydroxylation is 1. The van der Waals surface area contributed by atoms with Crippen LogP contribution in [0.15, 0.2) is 23.2 Å². The van der Waals surface area contributed by atoms with Crippen LogP contribution in [0.25, 0.3) is 11.0 Å². The number of esters is 1. The van der Waals surface area contributed by atoms with Gasteiger partial charge in [0.05, 0.1) is 46.4 Å². The first-order valence-corrected chi connectivity index (χ1v) is 13.1. The quantitative estimate of drug-likeness (QED) is 0.521. The highest BCUT2D eigenvalue weighted by molar-refractivity contribution is 7.90. The summed E-state index contributed by atoms with van der Waals surface area (Å²) < 4.78 is 31.7. The Morgan fingerprint density at radius 2 is 2.00 bits per heavy atom. The molecule has 0 radical (unpaired) electrons. The number of nitrogens with zero attached hydrogens (tertiary/aromatic N) is 5. The number of aromatic nitrogens is 4. The lowest BCUT2D eigenvalue weighted by atomic mass is 10.00. The van der Waals surface area contributed by atoms with Crippen molar-refractivity contribution in [1.29, 1.82) is 0 Å². The van der Waals surface area contributed by atoms with Gasteiger partial charge in [0, 0.05) is 25.5 Å². The van der Waals surface area contributed by atoms with E-state index >= 15 is 0 Å². The van der Waals surface area contributed by atoms with Gasteiger partial charge in [-0.2, -0.15) is 0 Å². The van der Waals surface area contributed by atoms with Crippen molar-refractivity contribution >= 4 is 32.8 Å². The van der Waals surface area contributed by atoms with Crippen molar-refractivity contribution < 1.29 is 23.1 Å². The van der Waals surface area contributed by atoms with Crippen molar-refractivity contribution in [2.75, 3.05) is 24.3 Å². The molecule has 1 N–H and O–H groups in total. The van der Waals surface area contributed by atoms with E-state index in [-0.39, 0.29) is 30.1 Å². The summed E-state index contributed by atoms with van der Waals surface area (Å²) in [4.78, 5) is 28.2. The van der Waals surface area contributed by atoms with E-state index in [4.69, 9.17) is 9.72 Å². The highest BCUT2D eigenvalue weighted by atomic mass is 32.2. The van der Waals surface area contributed by atoms with Crippen molar-refractivity contribution in [2.45, 2.75) is 51.8 Å². The zero-order valence-corrected chi connectivity index (χ0v) is 20.8. The summed E-state index contributed by atoms with van der Waals surface area (Å²) in [5.74, 6) is 0.960. The van der Waals surface area contributed by atoms with E-state index in [9.17, 15) is 18.3 Å². The van der Waals surface area contributed by atoms with Gasteiger partial charge in [0.15, 0.2) is 9.84 Å². The fourth-order valence-corrected chi connectivity index (χ4v) is 5.44. The van der Waals surface area contributed by atoms with Crippen LogP contribution in [0.3, 0.4) is 0 Å². The number of imidazole rings is 1. The molecule has 3 aromatic rings. The fraction of sp³-hybridized carbons (Fsp3) is 0.478. The second-order valence-corrected chi connectivity index (χ2v) is 10.8. The molecule has 3 heterocycles. The first kappa shape index (κ1) is 24.1. The highest BCUT2D eigenvalue weighted by Gasteiger charge is 2.35. The molecule has 0 saturated carbocycles. The molecule has 0 bridgehead atoms. The number of sulfone groups is 1. The SMILES string of the molecule is CCOC(=O)c1cnc(N2CCn3c(nc4cc(CO)c(S(C)(=O)=O)cc43)[C@H]2C(C)C)nc1C. The van der Waals surface area contributed by atoms with Gasteiger partial charge >= 0.3 is 5.97 Å². The van der Waals surface area contributed by atoms with Crippen LogP contribution in [0.2, 0.25) is 0 Å². The number of hydrogen-bond acceptors (Lipinski definition) is 9. The Bertz CT molecular complexity index is 1370. The van der Waals surface area contributed by atoms with Gasteiger partial charge in [-0.15, -0.1) is 0 Å². The Kier molecular flexibility index (Phi) is 6.34. The molecule has 1 aliphatic heterocycles. The average molecular weight is 488 g/mol. The third-order valence-electron chi connectivity index (χ3n) is 6.05. The molecule has 182 valence electrons. The molecule has 0 unspecified atom stereocenters. The lowest BCUT2D eigenvalue weighted by Crippen LogP contribution is -2.42. The maximum atomic E-state index is 12.3. The van der Waals surface area contributed by atoms with Gasteiger partial charge < -0.3 is 19.3 Å². The van der Waals surface area contributed by atoms with Crippen LogP contribution in [0.5, 0.6) is 0 Å². The van der Waals surface area contributed by atoms with Crippen molar-refractivity contribution in [3.05, 3.63) is 41.0 Å². The predicted octanol–water partition coefficient (Wildman–Crippen LogP) is 2.42. The van der Waals surface area contributed by atoms with E-state index in [0.29, 0.717) is 46.9 Å². The monoisotopic (exact) mass is 487 g/mol. The minimum absolute atomic E-state index is 0.113. The molecule has 11 heteroatoms. The Hall–Kier alpha value is -3.05. The molecule has 2 aromatic heterocycles. The number of anilines is 1. The highest BCUT2D eigenvalue weighted by Crippen LogP contribution is 2.37. The minimum Gasteiger partial charge on any atom is -0.462 e. The van der Waals surface area contributed by atoms with E-state index in [0.717, 1.165) is 12.1 Å². The van der Waals surface area contributed by atoms with Crippen LogP contribution in [0.4, 0.5) is 5.95 Å². The summed E-state index contributed by atoms with van der Waals surface area (Å²) in [5.41, 5.74) is 2.55. The predicted molar refractivity (Wildman–Crippen MR) is 126 cm³/mol. The fourth-order valence-electron chi connectivity index (χ4n) is 4.51. The van der Waals surface area contributed by atoms with Crippen LogP contribution in [-0.2, 0) is 27.7 Å². The van der Waals surface area contributed by atoms with Gasteiger partial charge in [0.1, 0.15) is 5.82 Å². The molecule has 0 spiro atoms. The molecule has 0 fully saturated rings. The summed E-state index contributed by atoms with van der Waals surface area (Å²) in [6.07, 6.45) is 2.63. The van der Waals surface area contributed by atoms with Gasteiger partial charge in [-0.1, -0.05) is 13.8 Å². The first-order valence-electron chi connectivity index (χ1n) is 11.2. The maximum absolute atomic E-state index is 12.3. The van der Waals surface area contributed by atoms with Crippen molar-refractivity contribution in [3.63, 3.8) is 0 Å². The Balaban J connectivity index is 1.81. The summed E-state index contributed by atoms with van der Waals surface area (Å²) in [6.45, 7) is 8.68. The number of benzene rings is 1. The molecule has 34 heavy (non-hydrogen) atoms. The number of aliphatic hydroxyl groups excluding tert-OH is 1. The zero-order valence-electron chi connectivity index (χ0n) is 19.9. The van der Waals surface area contributed by atoms with E-state index in [1.807, 2.05) is 4.57 Å². The molecule has 1 aromatic carbocycles. The van der Waals surface area contributed by atoms with Crippen LogP contribution in [0, 0.1) is 12.8 Å². The lowest BCUT2D eigenvalue weighted by molar-refractivity contribution is 0.0524. The van der Waals surface area contributed by atoms with Crippen LogP contribution in [0.1, 0.15) is 54.3 Å². The van der Waals surface area contributed by atoms with E-state index in [2.05, 4.69) is 28.7 Å². The molecule has 0 saturated heterocycles. The third kappa shape index (κ3) is 4.14. The maximum Gasteiger partial charge on any atom is 0.341 e. The molecule has 1 atom stereocenters. The van der Waals surface area contributed by atoms with Crippen molar-refractivity contribution in [2.24, 2.45) is 5.92 Å². The number of carbonyl (C=O) groups excluding carboxylic acids is 1. The van der Waals surface area contributed by atoms with Gasteiger partial charge in [-0.25, -0.2) is 28.2 Å². The largest absolute Gasteiger partial charge is 0.462 e. The summed E-state index contributed by atoms with van der Waals surface area (Å²) in [7, 11) is -3.51. The smallest absolute Gasteiger partial charge is 0.341 e. The molecule has 10 nitrogen and oxygen atoms in total. The second-order valence-electron chi connectivity index (χ2n) is 8.77. The Morgan fingerprint density at radius 1 is 1.26 bits per heavy atom. The topological polar surface area (TPSA) is 128 Å². The number of fused-ring (bicyclic) bond motifs is 3. The summed E-state index contributed by atoms with van der Waals surface area (Å²) >= 11 is 0. The standard InChI is InChI=1S/C23H29N5O5S/c1-6-33-22(30)16-11-24-23(25-14(16)4)28-8-7-27-18-10-19(34(5,31)32)15(12-29)9-17(18)26-21(27)20(28)13(2)3/h9-11,13,20,29H,6-8,12H2,1-5H3/t20-/m1/s1. The van der Waals surface area contributed by atoms with E-state index < -0.39 is 15.8 Å². The molecular formula is C23H29N5O5S. The van der Waals surface area contributed by atoms with Gasteiger partial charge in [0.25, 0.3) is 0 Å². The van der Waals surface area contributed by atoms with Gasteiger partial charge in [-0.3, -0.25) is 0 Å². The summed E-state index contributed by atoms with van der Waals surface area (Å²) in [6, 6.07) is 3.08. The van der Waals surface area contributed by atoms with Crippen molar-refractivity contribution in [1.82, 2.24) is 19.5 Å². The van der Waals surface area contributed by atoms with Crippen LogP contribution >= 0.6 is 0 Å². The number of hydrogen-bond donors (Lipinski definition) is 1. The van der Waals surface area contributed by atoms with Crippen molar-refractivity contribution in [3.8, 4) is 0 Å². The number of ether oxygens (including phenoxy) is 1. The Labute approximate surface area is 198 Å². The molecular weight excluding hydrogens is 458 g/mol. The normalized spacial score (nSPS) is 16.2. The minimum atomic E-state index is -3.51. The van der Waals surface area contributed by atoms with Crippen LogP contribution in [-0.4, -0.2) is 58.4 Å². The molecule has 0 aliphatic carbocycles. The third-order valence-corrected chi connectivity index (χ3v) is 7.22. The van der Waals surface area contributed by atoms with E-state index in [1.165, 1.54) is 6.20 Å². The Morgan fingerprint density at radius 3 is 2.59 bits per heavy atom. The molecule has 1 aliphatic rings. The lowest BCUT2D eigenvalue weighted by Gasteiger charge is -2.38.